The highest BCUT2D eigenvalue weighted by Gasteiger charge is 2.26. The smallest absolute Gasteiger partial charge is 0.260 e. The van der Waals surface area contributed by atoms with Crippen LogP contribution in [0.1, 0.15) is 18.4 Å². The van der Waals surface area contributed by atoms with Gasteiger partial charge in [0.05, 0.1) is 22.8 Å². The van der Waals surface area contributed by atoms with Gasteiger partial charge in [-0.15, -0.1) is 0 Å². The number of hydrogen-bond acceptors (Lipinski definition) is 7. The summed E-state index contributed by atoms with van der Waals surface area (Å²) in [6.07, 6.45) is 0.741. The molecule has 1 aromatic carbocycles. The number of halogens is 2. The number of hydrogen-bond donors (Lipinski definition) is 0. The van der Waals surface area contributed by atoms with E-state index >= 15 is 0 Å². The Morgan fingerprint density at radius 3 is 2.45 bits per heavy atom. The van der Waals surface area contributed by atoms with Crippen molar-refractivity contribution in [3.63, 3.8) is 0 Å². The van der Waals surface area contributed by atoms with Crippen molar-refractivity contribution in [3.8, 4) is 11.5 Å². The molecule has 0 N–H and O–H groups in total. The van der Waals surface area contributed by atoms with Crippen LogP contribution in [0.5, 0.6) is 11.5 Å². The predicted molar refractivity (Wildman–Crippen MR) is 128 cm³/mol. The molecular weight excluding hydrogens is 467 g/mol. The number of aromatic nitrogens is 4. The molecule has 1 aliphatic heterocycles. The van der Waals surface area contributed by atoms with E-state index in [1.807, 2.05) is 25.6 Å². The molecule has 1 amide bonds. The van der Waals surface area contributed by atoms with E-state index in [-0.39, 0.29) is 12.5 Å². The maximum atomic E-state index is 12.8. The zero-order chi connectivity index (χ0) is 23.7. The number of carbonyl (C=O) groups is 1. The molecule has 0 spiro atoms. The van der Waals surface area contributed by atoms with Gasteiger partial charge in [0.2, 0.25) is 0 Å². The van der Waals surface area contributed by atoms with Crippen LogP contribution in [0.25, 0.3) is 11.0 Å². The third-order valence-electron chi connectivity index (χ3n) is 5.68. The average Bonchev–Trinajstić information content (AvgIpc) is 3.11. The van der Waals surface area contributed by atoms with Gasteiger partial charge in [0.25, 0.3) is 5.91 Å². The van der Waals surface area contributed by atoms with Crippen LogP contribution in [0.15, 0.2) is 12.1 Å². The van der Waals surface area contributed by atoms with Gasteiger partial charge < -0.3 is 19.3 Å². The van der Waals surface area contributed by atoms with Crippen LogP contribution in [-0.4, -0.2) is 70.5 Å². The van der Waals surface area contributed by atoms with Gasteiger partial charge in [-0.25, -0.2) is 9.97 Å². The fourth-order valence-electron chi connectivity index (χ4n) is 3.92. The van der Waals surface area contributed by atoms with Crippen molar-refractivity contribution < 1.29 is 14.3 Å². The first kappa shape index (κ1) is 23.4. The molecule has 0 saturated carbocycles. The summed E-state index contributed by atoms with van der Waals surface area (Å²) in [5, 5.41) is 5.22. The van der Waals surface area contributed by atoms with Crippen LogP contribution in [0.4, 0.5) is 5.82 Å². The number of carbonyl (C=O) groups excluding carboxylic acids is 1. The number of anilines is 1. The first-order valence-corrected chi connectivity index (χ1v) is 11.5. The van der Waals surface area contributed by atoms with Crippen molar-refractivity contribution in [3.05, 3.63) is 33.7 Å². The quantitative estimate of drug-likeness (QED) is 0.521. The molecule has 0 aliphatic carbocycles. The Bertz CT molecular complexity index is 1190. The van der Waals surface area contributed by atoms with Crippen molar-refractivity contribution >= 4 is 46.0 Å². The molecule has 1 saturated heterocycles. The maximum Gasteiger partial charge on any atom is 0.260 e. The number of methoxy groups -OCH3 is 1. The van der Waals surface area contributed by atoms with Crippen molar-refractivity contribution in [1.29, 1.82) is 0 Å². The summed E-state index contributed by atoms with van der Waals surface area (Å²) in [6.45, 7) is 6.30. The lowest BCUT2D eigenvalue weighted by atomic mass is 10.2. The number of benzene rings is 1. The minimum absolute atomic E-state index is 0.113. The fourth-order valence-corrected chi connectivity index (χ4v) is 4.43. The van der Waals surface area contributed by atoms with Gasteiger partial charge in [0.1, 0.15) is 28.4 Å². The molecule has 0 radical (unpaired) electrons. The third kappa shape index (κ3) is 4.65. The number of rotatable bonds is 6. The lowest BCUT2D eigenvalue weighted by Gasteiger charge is -2.35. The molecule has 2 aromatic heterocycles. The Balaban J connectivity index is 1.43. The first-order chi connectivity index (χ1) is 15.8. The van der Waals surface area contributed by atoms with Crippen molar-refractivity contribution in [2.45, 2.75) is 20.3 Å². The Morgan fingerprint density at radius 2 is 1.79 bits per heavy atom. The van der Waals surface area contributed by atoms with Crippen LogP contribution in [0.3, 0.4) is 0 Å². The summed E-state index contributed by atoms with van der Waals surface area (Å²) in [4.78, 5) is 26.2. The summed E-state index contributed by atoms with van der Waals surface area (Å²) in [6, 6.07) is 3.12. The minimum atomic E-state index is -0.122. The number of fused-ring (bicyclic) bond motifs is 1. The van der Waals surface area contributed by atoms with Crippen LogP contribution in [0, 0.1) is 6.92 Å². The molecule has 11 heteroatoms. The number of aryl methyl sites for hydroxylation is 3. The van der Waals surface area contributed by atoms with E-state index < -0.39 is 0 Å². The molecule has 3 heterocycles. The summed E-state index contributed by atoms with van der Waals surface area (Å²) in [7, 11) is 3.41. The van der Waals surface area contributed by atoms with Gasteiger partial charge in [-0.3, -0.25) is 9.48 Å². The molecule has 0 atom stereocenters. The molecule has 1 fully saturated rings. The zero-order valence-electron chi connectivity index (χ0n) is 19.1. The van der Waals surface area contributed by atoms with E-state index in [9.17, 15) is 4.79 Å². The van der Waals surface area contributed by atoms with Gasteiger partial charge in [-0.05, 0) is 13.0 Å². The summed E-state index contributed by atoms with van der Waals surface area (Å²) in [5.41, 5.74) is 2.68. The highest BCUT2D eigenvalue weighted by Crippen LogP contribution is 2.35. The average molecular weight is 493 g/mol. The molecule has 4 rings (SSSR count). The van der Waals surface area contributed by atoms with Crippen molar-refractivity contribution in [1.82, 2.24) is 24.6 Å². The molecule has 0 unspecified atom stereocenters. The largest absolute Gasteiger partial charge is 0.495 e. The van der Waals surface area contributed by atoms with Crippen molar-refractivity contribution in [2.75, 3.05) is 44.8 Å². The number of nitrogens with zero attached hydrogens (tertiary/aromatic N) is 6. The highest BCUT2D eigenvalue weighted by molar-refractivity contribution is 6.36. The predicted octanol–water partition coefficient (Wildman–Crippen LogP) is 3.28. The van der Waals surface area contributed by atoms with E-state index in [2.05, 4.69) is 15.0 Å². The topological polar surface area (TPSA) is 85.6 Å². The van der Waals surface area contributed by atoms with Gasteiger partial charge in [-0.2, -0.15) is 5.10 Å². The molecule has 3 aromatic rings. The zero-order valence-corrected chi connectivity index (χ0v) is 20.6. The van der Waals surface area contributed by atoms with Crippen molar-refractivity contribution in [2.24, 2.45) is 7.05 Å². The second kappa shape index (κ2) is 9.61. The molecule has 9 nitrogen and oxygen atoms in total. The lowest BCUT2D eigenvalue weighted by Crippen LogP contribution is -2.50. The molecular formula is C22H26Cl2N6O3. The fraction of sp³-hybridized carbons (Fsp3) is 0.455. The van der Waals surface area contributed by atoms with Crippen LogP contribution < -0.4 is 14.4 Å². The Labute approximate surface area is 202 Å². The monoisotopic (exact) mass is 492 g/mol. The normalized spacial score (nSPS) is 14.1. The number of piperazine rings is 1. The molecule has 176 valence electrons. The van der Waals surface area contributed by atoms with Gasteiger partial charge in [0, 0.05) is 45.7 Å². The third-order valence-corrected chi connectivity index (χ3v) is 6.27. The van der Waals surface area contributed by atoms with E-state index in [0.29, 0.717) is 47.7 Å². The van der Waals surface area contributed by atoms with E-state index in [0.717, 1.165) is 34.8 Å². The number of ether oxygens (including phenoxy) is 2. The van der Waals surface area contributed by atoms with Crippen LogP contribution in [0.2, 0.25) is 10.0 Å². The second-order valence-corrected chi connectivity index (χ2v) is 8.61. The Kier molecular flexibility index (Phi) is 6.81. The first-order valence-electron chi connectivity index (χ1n) is 10.7. The van der Waals surface area contributed by atoms with E-state index in [1.165, 1.54) is 13.2 Å². The standard InChI is InChI=1S/C22H26Cl2N6O3/c1-5-18-25-20-13(2)27-28(3)21(20)22(26-18)30-8-6-29(7-9-30)19(31)12-33-17-11-16(32-4)14(23)10-15(17)24/h10-11H,5-9,12H2,1-4H3. The van der Waals surface area contributed by atoms with E-state index in [1.54, 1.807) is 11.0 Å². The SMILES string of the molecule is CCc1nc(N2CCN(C(=O)COc3cc(OC)c(Cl)cc3Cl)CC2)c2c(n1)c(C)nn2C. The molecule has 0 bridgehead atoms. The Morgan fingerprint density at radius 1 is 1.09 bits per heavy atom. The minimum Gasteiger partial charge on any atom is -0.495 e. The maximum absolute atomic E-state index is 12.8. The lowest BCUT2D eigenvalue weighted by molar-refractivity contribution is -0.133. The summed E-state index contributed by atoms with van der Waals surface area (Å²) in [5.74, 6) is 2.33. The van der Waals surface area contributed by atoms with Gasteiger partial charge in [0.15, 0.2) is 12.4 Å². The van der Waals surface area contributed by atoms with Gasteiger partial charge in [-0.1, -0.05) is 30.1 Å². The second-order valence-electron chi connectivity index (χ2n) is 7.80. The Hall–Kier alpha value is -2.78. The highest BCUT2D eigenvalue weighted by atomic mass is 35.5. The van der Waals surface area contributed by atoms with Crippen LogP contribution >= 0.6 is 23.2 Å². The van der Waals surface area contributed by atoms with E-state index in [4.69, 9.17) is 37.7 Å². The number of amides is 1. The summed E-state index contributed by atoms with van der Waals surface area (Å²) < 4.78 is 12.7. The molecule has 33 heavy (non-hydrogen) atoms. The van der Waals surface area contributed by atoms with Crippen LogP contribution in [-0.2, 0) is 18.3 Å². The molecule has 1 aliphatic rings. The van der Waals surface area contributed by atoms with Gasteiger partial charge >= 0.3 is 0 Å². The summed E-state index contributed by atoms with van der Waals surface area (Å²) >= 11 is 12.2.